The largest absolute Gasteiger partial charge is 0.496 e. The van der Waals surface area contributed by atoms with Gasteiger partial charge in [0.2, 0.25) is 0 Å². The molecule has 1 N–H and O–H groups in total. The van der Waals surface area contributed by atoms with Crippen molar-refractivity contribution in [3.63, 3.8) is 0 Å². The summed E-state index contributed by atoms with van der Waals surface area (Å²) in [7, 11) is 1.57. The lowest BCUT2D eigenvalue weighted by molar-refractivity contribution is -0.113. The second-order valence-electron chi connectivity index (χ2n) is 6.01. The van der Waals surface area contributed by atoms with Crippen molar-refractivity contribution in [3.8, 4) is 5.75 Å². The number of nitrogens with zero attached hydrogens (tertiary/aromatic N) is 1. The van der Waals surface area contributed by atoms with Crippen LogP contribution >= 0.6 is 11.6 Å². The highest BCUT2D eigenvalue weighted by atomic mass is 35.5. The van der Waals surface area contributed by atoms with Crippen molar-refractivity contribution in [3.05, 3.63) is 76.9 Å². The van der Waals surface area contributed by atoms with E-state index in [1.165, 1.54) is 0 Å². The van der Waals surface area contributed by atoms with Crippen LogP contribution in [0.15, 0.2) is 66.4 Å². The smallest absolute Gasteiger partial charge is 0.333 e. The van der Waals surface area contributed by atoms with E-state index in [1.807, 2.05) is 36.4 Å². The average molecular weight is 379 g/mol. The van der Waals surface area contributed by atoms with Crippen molar-refractivity contribution in [2.75, 3.05) is 12.0 Å². The molecule has 27 heavy (non-hydrogen) atoms. The summed E-state index contributed by atoms with van der Waals surface area (Å²) in [6.45, 7) is 0. The molecule has 3 amide bonds. The molecular weight excluding hydrogens is 364 g/mol. The monoisotopic (exact) mass is 378 g/mol. The molecular formula is C21H15ClN2O3. The fourth-order valence-electron chi connectivity index (χ4n) is 3.13. The number of carbonyl (C=O) groups is 2. The molecule has 134 valence electrons. The third-order valence-electron chi connectivity index (χ3n) is 4.38. The lowest BCUT2D eigenvalue weighted by Crippen LogP contribution is -2.30. The molecule has 0 radical (unpaired) electrons. The Morgan fingerprint density at radius 3 is 2.63 bits per heavy atom. The Bertz CT molecular complexity index is 1110. The van der Waals surface area contributed by atoms with Crippen LogP contribution in [-0.2, 0) is 4.79 Å². The minimum atomic E-state index is -0.521. The second kappa shape index (κ2) is 6.78. The predicted octanol–water partition coefficient (Wildman–Crippen LogP) is 4.60. The van der Waals surface area contributed by atoms with Crippen LogP contribution in [-0.4, -0.2) is 19.0 Å². The summed E-state index contributed by atoms with van der Waals surface area (Å²) in [5.41, 5.74) is 1.32. The molecule has 3 aromatic rings. The third-order valence-corrected chi connectivity index (χ3v) is 4.62. The minimum absolute atomic E-state index is 0.176. The number of anilines is 1. The van der Waals surface area contributed by atoms with Crippen LogP contribution in [0.25, 0.3) is 16.8 Å². The van der Waals surface area contributed by atoms with Crippen LogP contribution in [0.2, 0.25) is 5.02 Å². The first kappa shape index (κ1) is 17.1. The summed E-state index contributed by atoms with van der Waals surface area (Å²) in [6.07, 6.45) is 1.64. The first-order chi connectivity index (χ1) is 13.1. The molecule has 0 aromatic heterocycles. The fourth-order valence-corrected chi connectivity index (χ4v) is 3.32. The van der Waals surface area contributed by atoms with Crippen molar-refractivity contribution in [2.24, 2.45) is 0 Å². The van der Waals surface area contributed by atoms with Gasteiger partial charge < -0.3 is 10.1 Å². The van der Waals surface area contributed by atoms with E-state index in [1.54, 1.807) is 37.5 Å². The van der Waals surface area contributed by atoms with Crippen molar-refractivity contribution in [1.82, 2.24) is 5.32 Å². The Morgan fingerprint density at radius 1 is 1.04 bits per heavy atom. The summed E-state index contributed by atoms with van der Waals surface area (Å²) in [5, 5.41) is 5.01. The molecule has 1 aliphatic heterocycles. The molecule has 4 rings (SSSR count). The van der Waals surface area contributed by atoms with Crippen molar-refractivity contribution in [1.29, 1.82) is 0 Å². The highest BCUT2D eigenvalue weighted by Crippen LogP contribution is 2.31. The normalized spacial score (nSPS) is 15.5. The van der Waals surface area contributed by atoms with E-state index in [9.17, 15) is 9.59 Å². The zero-order valence-electron chi connectivity index (χ0n) is 14.4. The molecule has 1 aliphatic rings. The van der Waals surface area contributed by atoms with Crippen LogP contribution in [0.5, 0.6) is 5.75 Å². The predicted molar refractivity (Wildman–Crippen MR) is 106 cm³/mol. The van der Waals surface area contributed by atoms with Gasteiger partial charge in [0.05, 0.1) is 12.8 Å². The number of hydrogen-bond acceptors (Lipinski definition) is 3. The lowest BCUT2D eigenvalue weighted by atomic mass is 10.0. The number of nitrogens with one attached hydrogen (secondary N) is 1. The molecule has 0 atom stereocenters. The van der Waals surface area contributed by atoms with Gasteiger partial charge in [-0.3, -0.25) is 4.79 Å². The maximum Gasteiger partial charge on any atom is 0.333 e. The van der Waals surface area contributed by atoms with Gasteiger partial charge in [-0.05, 0) is 41.1 Å². The molecule has 1 heterocycles. The van der Waals surface area contributed by atoms with E-state index < -0.39 is 11.9 Å². The van der Waals surface area contributed by atoms with E-state index in [2.05, 4.69) is 5.32 Å². The van der Waals surface area contributed by atoms with Gasteiger partial charge in [0, 0.05) is 10.6 Å². The Hall–Kier alpha value is -3.31. The van der Waals surface area contributed by atoms with E-state index >= 15 is 0 Å². The van der Waals surface area contributed by atoms with Crippen LogP contribution in [0.3, 0.4) is 0 Å². The quantitative estimate of drug-likeness (QED) is 0.535. The Labute approximate surface area is 160 Å². The summed E-state index contributed by atoms with van der Waals surface area (Å²) in [6, 6.07) is 17.6. The molecule has 0 saturated carbocycles. The zero-order chi connectivity index (χ0) is 19.0. The molecule has 0 aliphatic carbocycles. The highest BCUT2D eigenvalue weighted by molar-refractivity contribution is 6.32. The Morgan fingerprint density at radius 2 is 1.85 bits per heavy atom. The number of urea groups is 1. The molecule has 1 saturated heterocycles. The number of carbonyl (C=O) groups excluding carboxylic acids is 2. The van der Waals surface area contributed by atoms with Crippen molar-refractivity contribution in [2.45, 2.75) is 0 Å². The number of rotatable bonds is 3. The molecule has 0 unspecified atom stereocenters. The van der Waals surface area contributed by atoms with Gasteiger partial charge in [0.1, 0.15) is 11.4 Å². The maximum atomic E-state index is 12.9. The lowest BCUT2D eigenvalue weighted by Gasteiger charge is -2.12. The number of hydrogen-bond donors (Lipinski definition) is 1. The summed E-state index contributed by atoms with van der Waals surface area (Å²) < 4.78 is 5.45. The van der Waals surface area contributed by atoms with Crippen LogP contribution in [0.1, 0.15) is 5.56 Å². The van der Waals surface area contributed by atoms with E-state index in [0.29, 0.717) is 16.5 Å². The topological polar surface area (TPSA) is 58.6 Å². The minimum Gasteiger partial charge on any atom is -0.496 e. The van der Waals surface area contributed by atoms with Crippen molar-refractivity contribution < 1.29 is 14.3 Å². The standard InChI is InChI=1S/C21H15ClN2O3/c1-27-19-10-9-13-5-2-3-8-16(13)17(19)12-18-20(25)24(21(26)23-18)15-7-4-6-14(22)11-15/h2-12H,1H3,(H,23,26)/b18-12+. The first-order valence-corrected chi connectivity index (χ1v) is 8.65. The van der Waals surface area contributed by atoms with Gasteiger partial charge in [-0.2, -0.15) is 0 Å². The number of ether oxygens (including phenoxy) is 1. The van der Waals surface area contributed by atoms with E-state index in [0.717, 1.165) is 21.2 Å². The van der Waals surface area contributed by atoms with Gasteiger partial charge in [-0.1, -0.05) is 48.0 Å². The molecule has 0 spiro atoms. The number of amides is 3. The number of imide groups is 1. The second-order valence-corrected chi connectivity index (χ2v) is 6.45. The molecule has 0 bridgehead atoms. The molecule has 6 heteroatoms. The Kier molecular flexibility index (Phi) is 4.30. The van der Waals surface area contributed by atoms with Gasteiger partial charge in [-0.15, -0.1) is 0 Å². The zero-order valence-corrected chi connectivity index (χ0v) is 15.2. The average Bonchev–Trinajstić information content (AvgIpc) is 2.95. The highest BCUT2D eigenvalue weighted by Gasteiger charge is 2.35. The summed E-state index contributed by atoms with van der Waals surface area (Å²) in [4.78, 5) is 26.3. The fraction of sp³-hybridized carbons (Fsp3) is 0.0476. The number of halogens is 1. The van der Waals surface area contributed by atoms with Crippen LogP contribution in [0, 0.1) is 0 Å². The third kappa shape index (κ3) is 3.02. The van der Waals surface area contributed by atoms with Crippen molar-refractivity contribution >= 4 is 46.1 Å². The number of benzene rings is 3. The van der Waals surface area contributed by atoms with Gasteiger partial charge >= 0.3 is 6.03 Å². The van der Waals surface area contributed by atoms with E-state index in [-0.39, 0.29) is 5.70 Å². The number of methoxy groups -OCH3 is 1. The summed E-state index contributed by atoms with van der Waals surface area (Å²) in [5.74, 6) is 0.168. The molecule has 5 nitrogen and oxygen atoms in total. The maximum absolute atomic E-state index is 12.9. The molecule has 3 aromatic carbocycles. The van der Waals surface area contributed by atoms with Gasteiger partial charge in [0.15, 0.2) is 0 Å². The van der Waals surface area contributed by atoms with E-state index in [4.69, 9.17) is 16.3 Å². The molecule has 1 fully saturated rings. The van der Waals surface area contributed by atoms with Gasteiger partial charge in [0.25, 0.3) is 5.91 Å². The van der Waals surface area contributed by atoms with Crippen LogP contribution in [0.4, 0.5) is 10.5 Å². The summed E-state index contributed by atoms with van der Waals surface area (Å²) >= 11 is 5.99. The van der Waals surface area contributed by atoms with Gasteiger partial charge in [-0.25, -0.2) is 9.69 Å². The SMILES string of the molecule is COc1ccc2ccccc2c1/C=C1/NC(=O)N(c2cccc(Cl)c2)C1=O. The number of fused-ring (bicyclic) bond motifs is 1. The Balaban J connectivity index is 1.81. The van der Waals surface area contributed by atoms with Crippen LogP contribution < -0.4 is 15.0 Å². The first-order valence-electron chi connectivity index (χ1n) is 8.27.